The van der Waals surface area contributed by atoms with Crippen LogP contribution in [0.5, 0.6) is 5.75 Å². The number of methoxy groups -OCH3 is 1. The lowest BCUT2D eigenvalue weighted by molar-refractivity contribution is -0.130. The summed E-state index contributed by atoms with van der Waals surface area (Å²) in [5, 5.41) is 0.642. The van der Waals surface area contributed by atoms with Gasteiger partial charge in [-0.05, 0) is 62.4 Å². The Morgan fingerprint density at radius 3 is 2.18 bits per heavy atom. The van der Waals surface area contributed by atoms with Gasteiger partial charge in [-0.3, -0.25) is 19.0 Å². The molecule has 1 aliphatic rings. The summed E-state index contributed by atoms with van der Waals surface area (Å²) < 4.78 is 47.3. The number of aryl methyl sites for hydroxylation is 1. The van der Waals surface area contributed by atoms with E-state index < -0.39 is 10.1 Å². The highest BCUT2D eigenvalue weighted by Gasteiger charge is 2.22. The van der Waals surface area contributed by atoms with Gasteiger partial charge in [-0.1, -0.05) is 0 Å². The van der Waals surface area contributed by atoms with Crippen LogP contribution in [0.15, 0.2) is 42.5 Å². The first kappa shape index (κ1) is 29.3. The van der Waals surface area contributed by atoms with E-state index >= 15 is 0 Å². The molecule has 0 unspecified atom stereocenters. The van der Waals surface area contributed by atoms with Crippen molar-refractivity contribution in [2.45, 2.75) is 26.8 Å². The van der Waals surface area contributed by atoms with Crippen LogP contribution in [-0.4, -0.2) is 85.1 Å². The number of halogens is 1. The van der Waals surface area contributed by atoms with E-state index in [1.54, 1.807) is 44.4 Å². The van der Waals surface area contributed by atoms with E-state index in [4.69, 9.17) is 9.29 Å². The standard InChI is InChI=1S/C26H30FN3O3.CH4O3S/c1-18-25(26(32)20-5-8-22(33-3)9-6-20)23-17-21(27)7-10-24(23)30(18)12-4-11-28-13-15-29(16-14-28)19(2)31;1-5(2,3)4/h5-10,17H,4,11-16H2,1-3H3;1H3,(H,2,3,4). The molecule has 11 heteroatoms. The Kier molecular flexibility index (Phi) is 9.64. The zero-order valence-corrected chi connectivity index (χ0v) is 22.9. The van der Waals surface area contributed by atoms with Crippen molar-refractivity contribution in [3.05, 3.63) is 65.1 Å². The third-order valence-electron chi connectivity index (χ3n) is 6.54. The normalized spacial score (nSPS) is 14.2. The lowest BCUT2D eigenvalue weighted by atomic mass is 10.0. The fraction of sp³-hybridized carbons (Fsp3) is 0.407. The molecule has 2 heterocycles. The van der Waals surface area contributed by atoms with Crippen LogP contribution in [0.25, 0.3) is 10.9 Å². The van der Waals surface area contributed by atoms with Crippen molar-refractivity contribution in [1.29, 1.82) is 0 Å². The molecule has 38 heavy (non-hydrogen) atoms. The van der Waals surface area contributed by atoms with E-state index in [2.05, 4.69) is 9.47 Å². The molecule has 0 saturated carbocycles. The summed E-state index contributed by atoms with van der Waals surface area (Å²) in [7, 11) is -2.08. The van der Waals surface area contributed by atoms with Gasteiger partial charge in [-0.2, -0.15) is 8.42 Å². The van der Waals surface area contributed by atoms with Crippen LogP contribution >= 0.6 is 0 Å². The Balaban J connectivity index is 0.000000732. The van der Waals surface area contributed by atoms with E-state index in [-0.39, 0.29) is 17.5 Å². The maximum atomic E-state index is 14.1. The number of benzene rings is 2. The summed E-state index contributed by atoms with van der Waals surface area (Å²) in [6, 6.07) is 11.7. The summed E-state index contributed by atoms with van der Waals surface area (Å²) >= 11 is 0. The number of carbonyl (C=O) groups excluding carboxylic acids is 2. The maximum absolute atomic E-state index is 14.1. The first-order valence-corrected chi connectivity index (χ1v) is 14.1. The van der Waals surface area contributed by atoms with Gasteiger partial charge in [0.05, 0.1) is 18.9 Å². The van der Waals surface area contributed by atoms with E-state index in [0.717, 1.165) is 56.9 Å². The molecule has 0 aliphatic carbocycles. The van der Waals surface area contributed by atoms with Crippen molar-refractivity contribution in [2.75, 3.05) is 46.1 Å². The molecule has 0 radical (unpaired) electrons. The second-order valence-electron chi connectivity index (χ2n) is 9.27. The molecule has 1 N–H and O–H groups in total. The Hall–Kier alpha value is -3.28. The minimum absolute atomic E-state index is 0.121. The number of aromatic nitrogens is 1. The number of carbonyl (C=O) groups is 2. The molecule has 2 aromatic carbocycles. The third-order valence-corrected chi connectivity index (χ3v) is 6.54. The number of piperazine rings is 1. The molecule has 1 fully saturated rings. The number of ether oxygens (including phenoxy) is 1. The number of hydrogen-bond acceptors (Lipinski definition) is 6. The fourth-order valence-corrected chi connectivity index (χ4v) is 4.65. The predicted molar refractivity (Wildman–Crippen MR) is 144 cm³/mol. The molecule has 0 bridgehead atoms. The quantitative estimate of drug-likeness (QED) is 0.357. The van der Waals surface area contributed by atoms with Gasteiger partial charge in [0.25, 0.3) is 10.1 Å². The number of amides is 1. The van der Waals surface area contributed by atoms with Gasteiger partial charge in [0.2, 0.25) is 5.91 Å². The van der Waals surface area contributed by atoms with Crippen LogP contribution < -0.4 is 4.74 Å². The van der Waals surface area contributed by atoms with Gasteiger partial charge in [0, 0.05) is 61.8 Å². The van der Waals surface area contributed by atoms with Crippen molar-refractivity contribution in [3.63, 3.8) is 0 Å². The Morgan fingerprint density at radius 2 is 1.63 bits per heavy atom. The van der Waals surface area contributed by atoms with Gasteiger partial charge in [0.1, 0.15) is 11.6 Å². The summed E-state index contributed by atoms with van der Waals surface area (Å²) in [5.74, 6) is 0.336. The van der Waals surface area contributed by atoms with E-state index in [1.165, 1.54) is 12.1 Å². The Morgan fingerprint density at radius 1 is 1.03 bits per heavy atom. The number of rotatable bonds is 7. The summed E-state index contributed by atoms with van der Waals surface area (Å²) in [4.78, 5) is 29.2. The minimum Gasteiger partial charge on any atom is -0.497 e. The van der Waals surface area contributed by atoms with Gasteiger partial charge in [-0.25, -0.2) is 4.39 Å². The SMILES string of the molecule is COc1ccc(C(=O)c2c(C)n(CCCN3CCN(C(C)=O)CC3)c3ccc(F)cc23)cc1.CS(=O)(=O)O. The van der Waals surface area contributed by atoms with Crippen molar-refractivity contribution < 1.29 is 31.7 Å². The Labute approximate surface area is 222 Å². The van der Waals surface area contributed by atoms with Gasteiger partial charge in [0.15, 0.2) is 5.78 Å². The topological polar surface area (TPSA) is 109 Å². The second kappa shape index (κ2) is 12.5. The van der Waals surface area contributed by atoms with Crippen LogP contribution in [0.1, 0.15) is 35.0 Å². The molecule has 0 spiro atoms. The maximum Gasteiger partial charge on any atom is 0.261 e. The predicted octanol–water partition coefficient (Wildman–Crippen LogP) is 3.39. The van der Waals surface area contributed by atoms with Crippen LogP contribution in [0.2, 0.25) is 0 Å². The van der Waals surface area contributed by atoms with E-state index in [9.17, 15) is 22.4 Å². The minimum atomic E-state index is -3.67. The van der Waals surface area contributed by atoms with Crippen LogP contribution in [0, 0.1) is 12.7 Å². The average Bonchev–Trinajstić information content (AvgIpc) is 3.13. The molecule has 1 aromatic heterocycles. The van der Waals surface area contributed by atoms with Crippen LogP contribution in [0.4, 0.5) is 4.39 Å². The van der Waals surface area contributed by atoms with Gasteiger partial charge < -0.3 is 14.2 Å². The molecule has 1 saturated heterocycles. The molecular formula is C27H34FN3O6S. The third kappa shape index (κ3) is 7.62. The number of nitrogens with zero attached hydrogens (tertiary/aromatic N) is 3. The number of fused-ring (bicyclic) bond motifs is 1. The molecule has 9 nitrogen and oxygen atoms in total. The smallest absolute Gasteiger partial charge is 0.261 e. The summed E-state index contributed by atoms with van der Waals surface area (Å²) in [5.41, 5.74) is 2.81. The molecule has 206 valence electrons. The highest BCUT2D eigenvalue weighted by Crippen LogP contribution is 2.30. The molecule has 0 atom stereocenters. The van der Waals surface area contributed by atoms with E-state index in [0.29, 0.717) is 28.5 Å². The largest absolute Gasteiger partial charge is 0.497 e. The van der Waals surface area contributed by atoms with E-state index in [1.807, 2.05) is 11.8 Å². The Bertz CT molecular complexity index is 1390. The van der Waals surface area contributed by atoms with Gasteiger partial charge >= 0.3 is 0 Å². The molecule has 4 rings (SSSR count). The average molecular weight is 548 g/mol. The van der Waals surface area contributed by atoms with Crippen molar-refractivity contribution in [1.82, 2.24) is 14.4 Å². The lowest BCUT2D eigenvalue weighted by Gasteiger charge is -2.34. The summed E-state index contributed by atoms with van der Waals surface area (Å²) in [6.45, 7) is 8.46. The van der Waals surface area contributed by atoms with Crippen molar-refractivity contribution in [3.8, 4) is 5.75 Å². The highest BCUT2D eigenvalue weighted by molar-refractivity contribution is 7.85. The first-order chi connectivity index (χ1) is 17.9. The van der Waals surface area contributed by atoms with Crippen LogP contribution in [-0.2, 0) is 21.5 Å². The molecule has 1 aliphatic heterocycles. The molecule has 1 amide bonds. The van der Waals surface area contributed by atoms with Gasteiger partial charge in [-0.15, -0.1) is 0 Å². The van der Waals surface area contributed by atoms with Crippen LogP contribution in [0.3, 0.4) is 0 Å². The highest BCUT2D eigenvalue weighted by atomic mass is 32.2. The molecular weight excluding hydrogens is 513 g/mol. The monoisotopic (exact) mass is 547 g/mol. The van der Waals surface area contributed by atoms with Crippen molar-refractivity contribution >= 4 is 32.7 Å². The lowest BCUT2D eigenvalue weighted by Crippen LogP contribution is -2.48. The summed E-state index contributed by atoms with van der Waals surface area (Å²) in [6.07, 6.45) is 1.62. The fourth-order valence-electron chi connectivity index (χ4n) is 4.65. The number of hydrogen-bond donors (Lipinski definition) is 1. The molecule has 3 aromatic rings. The number of ketones is 1. The first-order valence-electron chi connectivity index (χ1n) is 12.3. The zero-order valence-electron chi connectivity index (χ0n) is 22.1. The zero-order chi connectivity index (χ0) is 28.0. The second-order valence-corrected chi connectivity index (χ2v) is 10.7. The van der Waals surface area contributed by atoms with Crippen molar-refractivity contribution in [2.24, 2.45) is 0 Å².